The van der Waals surface area contributed by atoms with Gasteiger partial charge in [0.05, 0.1) is 0 Å². The number of fused-ring (bicyclic) bond motifs is 13. The molecule has 4 aliphatic rings. The molecule has 2 bridgehead atoms. The number of piperidine rings is 1. The van der Waals surface area contributed by atoms with Gasteiger partial charge in [0, 0.05) is 38.5 Å². The van der Waals surface area contributed by atoms with Gasteiger partial charge in [-0.15, -0.1) is 0 Å². The highest BCUT2D eigenvalue weighted by Gasteiger charge is 2.39. The molecule has 4 atom stereocenters. The first kappa shape index (κ1) is 33.9. The number of likely N-dealkylation sites (tertiary alicyclic amines) is 1. The van der Waals surface area contributed by atoms with Gasteiger partial charge in [0.2, 0.25) is 23.6 Å². The van der Waals surface area contributed by atoms with Gasteiger partial charge < -0.3 is 35.4 Å². The summed E-state index contributed by atoms with van der Waals surface area (Å²) in [5.41, 5.74) is 1.66. The Kier molecular flexibility index (Phi) is 11.1. The molecule has 12 nitrogen and oxygen atoms in total. The van der Waals surface area contributed by atoms with Crippen LogP contribution < -0.4 is 20.7 Å². The molecule has 4 heterocycles. The quantitative estimate of drug-likeness (QED) is 0.448. The minimum absolute atomic E-state index is 0.172. The molecule has 2 aromatic carbocycles. The van der Waals surface area contributed by atoms with Crippen LogP contribution in [0.1, 0.15) is 43.7 Å². The second kappa shape index (κ2) is 15.4. The van der Waals surface area contributed by atoms with E-state index < -0.39 is 41.9 Å². The Hall–Kier alpha value is -4.45. The summed E-state index contributed by atoms with van der Waals surface area (Å²) < 4.78 is 5.75. The fraction of sp³-hybridized carbons (Fsp3) is 0.514. The van der Waals surface area contributed by atoms with Crippen LogP contribution in [-0.2, 0) is 36.8 Å². The average Bonchev–Trinajstić information content (AvgIpc) is 3.57. The molecule has 3 N–H and O–H groups in total. The fourth-order valence-corrected chi connectivity index (χ4v) is 6.59. The molecular formula is C35H46N6O6. The molecule has 2 saturated heterocycles. The number of benzene rings is 2. The van der Waals surface area contributed by atoms with Gasteiger partial charge in [-0.1, -0.05) is 42.5 Å². The van der Waals surface area contributed by atoms with Crippen molar-refractivity contribution in [2.75, 3.05) is 40.3 Å². The van der Waals surface area contributed by atoms with E-state index in [-0.39, 0.29) is 31.3 Å². The van der Waals surface area contributed by atoms with Crippen LogP contribution in [0.4, 0.5) is 0 Å². The molecule has 0 aliphatic carbocycles. The van der Waals surface area contributed by atoms with Crippen molar-refractivity contribution in [3.05, 3.63) is 65.7 Å². The third-order valence-corrected chi connectivity index (χ3v) is 9.36. The smallest absolute Gasteiger partial charge is 0.258 e. The minimum Gasteiger partial charge on any atom is -0.484 e. The number of nitrogens with zero attached hydrogens (tertiary/aromatic N) is 3. The van der Waals surface area contributed by atoms with Crippen LogP contribution in [0.3, 0.4) is 0 Å². The summed E-state index contributed by atoms with van der Waals surface area (Å²) in [6.07, 6.45) is 3.20. The lowest BCUT2D eigenvalue weighted by Crippen LogP contribution is -2.58. The molecule has 47 heavy (non-hydrogen) atoms. The van der Waals surface area contributed by atoms with E-state index >= 15 is 0 Å². The number of rotatable bonds is 4. The molecular weight excluding hydrogens is 600 g/mol. The van der Waals surface area contributed by atoms with Gasteiger partial charge in [-0.3, -0.25) is 24.0 Å². The maximum absolute atomic E-state index is 13.9. The van der Waals surface area contributed by atoms with Gasteiger partial charge >= 0.3 is 0 Å². The van der Waals surface area contributed by atoms with Crippen LogP contribution >= 0.6 is 0 Å². The van der Waals surface area contributed by atoms with Crippen molar-refractivity contribution in [1.82, 2.24) is 30.7 Å². The van der Waals surface area contributed by atoms with Crippen molar-refractivity contribution in [2.45, 2.75) is 75.7 Å². The van der Waals surface area contributed by atoms with Gasteiger partial charge in [-0.25, -0.2) is 0 Å². The van der Waals surface area contributed by atoms with E-state index in [1.807, 2.05) is 44.4 Å². The molecule has 4 aliphatic heterocycles. The molecule has 0 unspecified atom stereocenters. The Morgan fingerprint density at radius 3 is 2.26 bits per heavy atom. The SMILES string of the molecule is C[C@@H]1NC(=O)[C@H]2CCCN2C(=O)[C@@H](Cc2ccccc2)NC(=O)COc2ccc(cc2)C[C@@H](C(=O)N2CCC(N(C)C)CC2)NC1=O. The maximum Gasteiger partial charge on any atom is 0.258 e. The molecule has 252 valence electrons. The second-order valence-electron chi connectivity index (χ2n) is 12.9. The highest BCUT2D eigenvalue weighted by atomic mass is 16.5. The monoisotopic (exact) mass is 646 g/mol. The lowest BCUT2D eigenvalue weighted by Gasteiger charge is -2.37. The van der Waals surface area contributed by atoms with Crippen molar-refractivity contribution in [2.24, 2.45) is 0 Å². The first-order chi connectivity index (χ1) is 22.6. The molecule has 2 fully saturated rings. The van der Waals surface area contributed by atoms with Crippen molar-refractivity contribution >= 4 is 29.5 Å². The first-order valence-corrected chi connectivity index (χ1v) is 16.5. The summed E-state index contributed by atoms with van der Waals surface area (Å²) >= 11 is 0. The number of amides is 5. The van der Waals surface area contributed by atoms with Crippen LogP contribution in [0, 0.1) is 0 Å². The molecule has 0 saturated carbocycles. The Bertz CT molecular complexity index is 1430. The molecule has 6 rings (SSSR count). The zero-order chi connectivity index (χ0) is 33.5. The van der Waals surface area contributed by atoms with Crippen molar-refractivity contribution in [3.63, 3.8) is 0 Å². The average molecular weight is 647 g/mol. The lowest BCUT2D eigenvalue weighted by molar-refractivity contribution is -0.142. The Labute approximate surface area is 276 Å². The largest absolute Gasteiger partial charge is 0.484 e. The topological polar surface area (TPSA) is 140 Å². The Balaban J connectivity index is 1.38. The molecule has 2 aromatic rings. The van der Waals surface area contributed by atoms with Crippen molar-refractivity contribution in [1.29, 1.82) is 0 Å². The zero-order valence-corrected chi connectivity index (χ0v) is 27.4. The third-order valence-electron chi connectivity index (χ3n) is 9.36. The standard InChI is InChI=1S/C35H46N6O6/c1-23-32(43)38-28(34(45)40-18-15-26(16-19-40)39(2)3)21-25-11-13-27(14-12-25)47-22-31(42)37-29(20-24-8-5-4-6-9-24)35(46)41-17-7-10-30(41)33(44)36-23/h4-6,8-9,11-14,23,26,28-30H,7,10,15-22H2,1-3H3,(H,36,44)(H,37,42)(H,38,43)/t23-,28-,29+,30+/m0/s1. The van der Waals surface area contributed by atoms with Crippen LogP contribution in [0.15, 0.2) is 54.6 Å². The third kappa shape index (κ3) is 8.68. The molecule has 0 aromatic heterocycles. The van der Waals surface area contributed by atoms with Gasteiger partial charge in [-0.2, -0.15) is 0 Å². The van der Waals surface area contributed by atoms with E-state index in [2.05, 4.69) is 20.9 Å². The normalized spacial score (nSPS) is 25.2. The molecule has 0 spiro atoms. The number of hydrogen-bond donors (Lipinski definition) is 3. The predicted octanol–water partition coefficient (Wildman–Crippen LogP) is 0.882. The van der Waals surface area contributed by atoms with Crippen LogP contribution in [0.25, 0.3) is 0 Å². The van der Waals surface area contributed by atoms with E-state index in [1.165, 1.54) is 4.90 Å². The van der Waals surface area contributed by atoms with Gasteiger partial charge in [0.25, 0.3) is 5.91 Å². The van der Waals surface area contributed by atoms with E-state index in [4.69, 9.17) is 4.74 Å². The zero-order valence-electron chi connectivity index (χ0n) is 27.4. The maximum atomic E-state index is 13.9. The van der Waals surface area contributed by atoms with Crippen molar-refractivity contribution in [3.8, 4) is 5.75 Å². The number of hydrogen-bond acceptors (Lipinski definition) is 7. The molecule has 5 amide bonds. The van der Waals surface area contributed by atoms with Gasteiger partial charge in [-0.05, 0) is 70.0 Å². The van der Waals surface area contributed by atoms with Gasteiger partial charge in [0.1, 0.15) is 29.9 Å². The summed E-state index contributed by atoms with van der Waals surface area (Å²) in [6.45, 7) is 2.80. The molecule has 0 radical (unpaired) electrons. The number of nitrogens with one attached hydrogen (secondary N) is 3. The summed E-state index contributed by atoms with van der Waals surface area (Å²) in [5.74, 6) is -1.49. The summed E-state index contributed by atoms with van der Waals surface area (Å²) in [6, 6.07) is 13.3. The Morgan fingerprint density at radius 1 is 0.872 bits per heavy atom. The minimum atomic E-state index is -0.951. The van der Waals surface area contributed by atoms with E-state index in [0.717, 1.165) is 24.0 Å². The number of carbonyl (C=O) groups is 5. The van der Waals surface area contributed by atoms with E-state index in [9.17, 15) is 24.0 Å². The van der Waals surface area contributed by atoms with Gasteiger partial charge in [0.15, 0.2) is 6.61 Å². The molecule has 12 heteroatoms. The number of carbonyl (C=O) groups excluding carboxylic acids is 5. The lowest BCUT2D eigenvalue weighted by atomic mass is 10.0. The van der Waals surface area contributed by atoms with E-state index in [0.29, 0.717) is 44.3 Å². The predicted molar refractivity (Wildman–Crippen MR) is 175 cm³/mol. The van der Waals surface area contributed by atoms with Crippen LogP contribution in [0.2, 0.25) is 0 Å². The highest BCUT2D eigenvalue weighted by molar-refractivity contribution is 5.96. The summed E-state index contributed by atoms with van der Waals surface area (Å²) in [5, 5.41) is 8.51. The highest BCUT2D eigenvalue weighted by Crippen LogP contribution is 2.21. The second-order valence-corrected chi connectivity index (χ2v) is 12.9. The van der Waals surface area contributed by atoms with Crippen LogP contribution in [-0.4, -0.2) is 115 Å². The Morgan fingerprint density at radius 2 is 1.57 bits per heavy atom. The number of ether oxygens (including phenoxy) is 1. The fourth-order valence-electron chi connectivity index (χ4n) is 6.59. The summed E-state index contributed by atoms with van der Waals surface area (Å²) in [4.78, 5) is 73.2. The summed E-state index contributed by atoms with van der Waals surface area (Å²) in [7, 11) is 4.07. The van der Waals surface area contributed by atoms with Crippen molar-refractivity contribution < 1.29 is 28.7 Å². The van der Waals surface area contributed by atoms with E-state index in [1.54, 1.807) is 36.1 Å². The first-order valence-electron chi connectivity index (χ1n) is 16.5. The van der Waals surface area contributed by atoms with Crippen LogP contribution in [0.5, 0.6) is 5.75 Å².